The van der Waals surface area contributed by atoms with Gasteiger partial charge in [0.25, 0.3) is 0 Å². The van der Waals surface area contributed by atoms with Crippen molar-refractivity contribution >= 4 is 28.8 Å². The topological polar surface area (TPSA) is 126 Å². The number of aliphatic hydroxyl groups excluding tert-OH is 1. The van der Waals surface area contributed by atoms with Crippen LogP contribution in [0.4, 0.5) is 5.82 Å². The summed E-state index contributed by atoms with van der Waals surface area (Å²) in [4.78, 5) is 27.3. The lowest BCUT2D eigenvalue weighted by atomic mass is 9.97. The molecule has 0 aliphatic carbocycles. The first kappa shape index (κ1) is 30.2. The maximum absolute atomic E-state index is 12.7. The first-order valence-electron chi connectivity index (χ1n) is 13.8. The van der Waals surface area contributed by atoms with E-state index in [-0.39, 0.29) is 12.4 Å². The van der Waals surface area contributed by atoms with Gasteiger partial charge in [-0.2, -0.15) is 0 Å². The minimum absolute atomic E-state index is 0.119. The molecule has 2 aliphatic heterocycles. The second-order valence-corrected chi connectivity index (χ2v) is 11.1. The summed E-state index contributed by atoms with van der Waals surface area (Å²) in [5, 5.41) is 13.4. The van der Waals surface area contributed by atoms with Gasteiger partial charge in [0.2, 0.25) is 0 Å². The number of carbonyl (C=O) groups is 1. The Kier molecular flexibility index (Phi) is 10.0. The second-order valence-electron chi connectivity index (χ2n) is 10.7. The highest BCUT2D eigenvalue weighted by Gasteiger charge is 2.35. The van der Waals surface area contributed by atoms with Gasteiger partial charge in [-0.3, -0.25) is 9.69 Å². The van der Waals surface area contributed by atoms with Gasteiger partial charge < -0.3 is 30.5 Å². The molecule has 0 bridgehead atoms. The number of likely N-dealkylation sites (tertiary alicyclic amines) is 1. The number of hydrogen-bond acceptors (Lipinski definition) is 10. The van der Waals surface area contributed by atoms with E-state index in [0.29, 0.717) is 57.8 Å². The van der Waals surface area contributed by atoms with Crippen molar-refractivity contribution in [2.24, 2.45) is 5.73 Å². The van der Waals surface area contributed by atoms with Crippen molar-refractivity contribution in [3.8, 4) is 17.1 Å². The summed E-state index contributed by atoms with van der Waals surface area (Å²) in [6, 6.07) is 5.75. The predicted octanol–water partition coefficient (Wildman–Crippen LogP) is 2.64. The van der Waals surface area contributed by atoms with Crippen LogP contribution in [0.15, 0.2) is 23.9 Å². The van der Waals surface area contributed by atoms with Crippen molar-refractivity contribution < 1.29 is 19.4 Å². The van der Waals surface area contributed by atoms with Crippen LogP contribution in [0.3, 0.4) is 0 Å². The zero-order valence-electron chi connectivity index (χ0n) is 24.0. The third-order valence-electron chi connectivity index (χ3n) is 7.65. The molecule has 10 nitrogen and oxygen atoms in total. The maximum atomic E-state index is 12.7. The Morgan fingerprint density at radius 2 is 1.95 bits per heavy atom. The Morgan fingerprint density at radius 1 is 1.25 bits per heavy atom. The van der Waals surface area contributed by atoms with Crippen LogP contribution in [-0.2, 0) is 9.53 Å². The van der Waals surface area contributed by atoms with Gasteiger partial charge in [0.15, 0.2) is 11.6 Å². The number of nitrogens with two attached hydrogens (primary N) is 1. The summed E-state index contributed by atoms with van der Waals surface area (Å²) in [6.07, 6.45) is 1.69. The van der Waals surface area contributed by atoms with Gasteiger partial charge in [0, 0.05) is 62.7 Å². The van der Waals surface area contributed by atoms with E-state index >= 15 is 0 Å². The van der Waals surface area contributed by atoms with E-state index in [1.807, 2.05) is 6.92 Å². The molecule has 1 atom stereocenters. The van der Waals surface area contributed by atoms with E-state index in [4.69, 9.17) is 36.8 Å². The minimum Gasteiger partial charge on any atom is -0.491 e. The average molecular weight is 573 g/mol. The molecule has 3 heterocycles. The number of ketones is 1. The molecule has 0 saturated carbocycles. The van der Waals surface area contributed by atoms with Crippen molar-refractivity contribution in [2.75, 3.05) is 58.4 Å². The van der Waals surface area contributed by atoms with Crippen LogP contribution >= 0.6 is 11.6 Å². The molecular weight excluding hydrogens is 532 g/mol. The zero-order valence-corrected chi connectivity index (χ0v) is 24.8. The lowest BCUT2D eigenvalue weighted by molar-refractivity contribution is -0.111. The highest BCUT2D eigenvalue weighted by atomic mass is 35.5. The molecule has 218 valence electrons. The molecule has 4 N–H and O–H groups in total. The number of aromatic nitrogens is 2. The summed E-state index contributed by atoms with van der Waals surface area (Å²) in [5.74, 6) is 1.52. The van der Waals surface area contributed by atoms with Gasteiger partial charge >= 0.3 is 0 Å². The number of nitrogens with one attached hydrogen (secondary N) is 1. The average Bonchev–Trinajstić information content (AvgIpc) is 2.89. The summed E-state index contributed by atoms with van der Waals surface area (Å²) in [5.41, 5.74) is 8.85. The summed E-state index contributed by atoms with van der Waals surface area (Å²) in [7, 11) is 3.54. The Labute approximate surface area is 241 Å². The zero-order chi connectivity index (χ0) is 29.0. The van der Waals surface area contributed by atoms with Crippen molar-refractivity contribution in [3.63, 3.8) is 0 Å². The molecule has 0 spiro atoms. The molecule has 2 aliphatic rings. The van der Waals surface area contributed by atoms with Gasteiger partial charge in [0.1, 0.15) is 24.3 Å². The normalized spacial score (nSPS) is 18.3. The molecule has 1 aromatic carbocycles. The molecule has 1 aromatic heterocycles. The number of halogens is 1. The quantitative estimate of drug-likeness (QED) is 0.346. The molecule has 2 saturated heterocycles. The molecule has 2 aromatic rings. The van der Waals surface area contributed by atoms with Gasteiger partial charge in [-0.1, -0.05) is 11.6 Å². The van der Waals surface area contributed by atoms with Gasteiger partial charge in [-0.25, -0.2) is 9.97 Å². The number of allylic oxidation sites excluding steroid dienone is 2. The molecular formula is C29H41ClN6O4. The number of methoxy groups -OCH3 is 1. The van der Waals surface area contributed by atoms with Crippen LogP contribution in [0, 0.1) is 6.92 Å². The third-order valence-corrected chi connectivity index (χ3v) is 7.98. The largest absolute Gasteiger partial charge is 0.491 e. The first-order chi connectivity index (χ1) is 19.1. The Bertz CT molecular complexity index is 1240. The molecule has 40 heavy (non-hydrogen) atoms. The number of ether oxygens (including phenoxy) is 2. The Balaban J connectivity index is 1.69. The monoisotopic (exact) mass is 572 g/mol. The number of hydrogen-bond donors (Lipinski definition) is 3. The number of carbonyl (C=O) groups excluding carboxylic acids is 1. The second kappa shape index (κ2) is 13.3. The Morgan fingerprint density at radius 3 is 2.55 bits per heavy atom. The fourth-order valence-electron chi connectivity index (χ4n) is 5.42. The molecule has 0 unspecified atom stereocenters. The van der Waals surface area contributed by atoms with Crippen LogP contribution in [0.5, 0.6) is 5.75 Å². The first-order valence-corrected chi connectivity index (χ1v) is 14.1. The standard InChI is InChI=1S/C29H41ClN6O4/c1-17-27(26(18(2)31)19(3)37)33-28(24-12-22(6-7-25(24)30)40-16-21(38)13-32-4)34-29(17)35-10-8-20(9-11-35)36-14-23(15-36)39-5/h6-7,12,20-21,23,32,38H,8-11,13-16,31H2,1-5H3/t21-/m1/s1. The SMILES string of the molecule is CNC[C@@H](O)COc1ccc(Cl)c(-c2nc(C(C(C)=O)=C(C)N)c(C)c(N3CCC(N4CC(OC)C4)CC3)n2)c1. The predicted molar refractivity (Wildman–Crippen MR) is 158 cm³/mol. The smallest absolute Gasteiger partial charge is 0.163 e. The fourth-order valence-corrected chi connectivity index (χ4v) is 5.62. The number of Topliss-reactive ketones (excluding diaryl/α,β-unsaturated/α-hetero) is 1. The van der Waals surface area contributed by atoms with E-state index in [0.717, 1.165) is 50.4 Å². The van der Waals surface area contributed by atoms with Crippen LogP contribution in [-0.4, -0.2) is 97.5 Å². The van der Waals surface area contributed by atoms with E-state index in [2.05, 4.69) is 15.1 Å². The number of aliphatic hydroxyl groups is 1. The van der Waals surface area contributed by atoms with Crippen molar-refractivity contribution in [1.82, 2.24) is 20.2 Å². The Hall–Kier alpha value is -2.76. The van der Waals surface area contributed by atoms with E-state index < -0.39 is 6.10 Å². The third kappa shape index (κ3) is 6.75. The van der Waals surface area contributed by atoms with E-state index in [1.54, 1.807) is 39.3 Å². The number of likely N-dealkylation sites (N-methyl/N-ethyl adjacent to an activating group) is 1. The van der Waals surface area contributed by atoms with Gasteiger partial charge in [0.05, 0.1) is 22.4 Å². The molecule has 0 amide bonds. The summed E-state index contributed by atoms with van der Waals surface area (Å²) in [6.45, 7) is 9.29. The fraction of sp³-hybridized carbons (Fsp3) is 0.552. The van der Waals surface area contributed by atoms with Crippen LogP contribution in [0.1, 0.15) is 37.9 Å². The highest BCUT2D eigenvalue weighted by molar-refractivity contribution is 6.33. The molecule has 0 radical (unpaired) electrons. The number of piperidine rings is 1. The summed E-state index contributed by atoms with van der Waals surface area (Å²) >= 11 is 6.65. The molecule has 2 fully saturated rings. The lowest BCUT2D eigenvalue weighted by Gasteiger charge is -2.46. The lowest BCUT2D eigenvalue weighted by Crippen LogP contribution is -2.58. The number of rotatable bonds is 11. The van der Waals surface area contributed by atoms with Crippen LogP contribution < -0.4 is 20.7 Å². The highest BCUT2D eigenvalue weighted by Crippen LogP contribution is 2.35. The van der Waals surface area contributed by atoms with Gasteiger partial charge in [-0.15, -0.1) is 0 Å². The van der Waals surface area contributed by atoms with Crippen molar-refractivity contribution in [3.05, 3.63) is 40.2 Å². The molecule has 4 rings (SSSR count). The number of nitrogens with zero attached hydrogens (tertiary/aromatic N) is 4. The van der Waals surface area contributed by atoms with E-state index in [1.165, 1.54) is 6.92 Å². The van der Waals surface area contributed by atoms with E-state index in [9.17, 15) is 9.90 Å². The maximum Gasteiger partial charge on any atom is 0.163 e. The summed E-state index contributed by atoms with van der Waals surface area (Å²) < 4.78 is 11.3. The molecule has 11 heteroatoms. The van der Waals surface area contributed by atoms with Crippen molar-refractivity contribution in [1.29, 1.82) is 0 Å². The number of anilines is 1. The van der Waals surface area contributed by atoms with Crippen LogP contribution in [0.25, 0.3) is 17.0 Å². The number of benzene rings is 1. The minimum atomic E-state index is -0.659. The van der Waals surface area contributed by atoms with Crippen LogP contribution in [0.2, 0.25) is 5.02 Å². The van der Waals surface area contributed by atoms with Crippen molar-refractivity contribution in [2.45, 2.75) is 51.9 Å². The van der Waals surface area contributed by atoms with Gasteiger partial charge in [-0.05, 0) is 58.9 Å².